The number of benzene rings is 3. The van der Waals surface area contributed by atoms with Crippen LogP contribution in [-0.2, 0) is 14.8 Å². The van der Waals surface area contributed by atoms with Gasteiger partial charge in [-0.05, 0) is 74.4 Å². The average molecular weight is 460 g/mol. The summed E-state index contributed by atoms with van der Waals surface area (Å²) in [5.74, 6) is -0.521. The van der Waals surface area contributed by atoms with Crippen LogP contribution in [0.2, 0.25) is 5.02 Å². The van der Waals surface area contributed by atoms with Crippen LogP contribution in [0.5, 0.6) is 0 Å². The molecule has 0 aliphatic heterocycles. The SMILES string of the molecule is Cc1ccc(SCC(=O)N(c2cc(C)ccc2C)S(=O)(=O)c2ccc(Cl)cc2)cc1. The molecule has 0 aliphatic rings. The Morgan fingerprint density at radius 2 is 1.50 bits per heavy atom. The van der Waals surface area contributed by atoms with E-state index >= 15 is 0 Å². The number of aryl methyl sites for hydroxylation is 3. The van der Waals surface area contributed by atoms with Crippen molar-refractivity contribution in [2.45, 2.75) is 30.6 Å². The molecule has 3 rings (SSSR count). The predicted octanol–water partition coefficient (Wildman–Crippen LogP) is 5.78. The van der Waals surface area contributed by atoms with Crippen LogP contribution in [0.4, 0.5) is 5.69 Å². The zero-order chi connectivity index (χ0) is 21.9. The number of rotatable bonds is 6. The molecule has 1 amide bonds. The first kappa shape index (κ1) is 22.4. The highest BCUT2D eigenvalue weighted by molar-refractivity contribution is 8.00. The molecule has 0 atom stereocenters. The molecule has 0 fully saturated rings. The number of hydrogen-bond acceptors (Lipinski definition) is 4. The predicted molar refractivity (Wildman–Crippen MR) is 124 cm³/mol. The first-order valence-electron chi connectivity index (χ1n) is 9.29. The van der Waals surface area contributed by atoms with Crippen LogP contribution >= 0.6 is 23.4 Å². The molecule has 0 saturated carbocycles. The van der Waals surface area contributed by atoms with Crippen LogP contribution in [0.1, 0.15) is 16.7 Å². The average Bonchev–Trinajstić information content (AvgIpc) is 2.70. The van der Waals surface area contributed by atoms with Crippen molar-refractivity contribution in [1.82, 2.24) is 0 Å². The number of amides is 1. The van der Waals surface area contributed by atoms with Gasteiger partial charge in [-0.15, -0.1) is 11.8 Å². The number of carbonyl (C=O) groups excluding carboxylic acids is 1. The molecule has 0 unspecified atom stereocenters. The van der Waals surface area contributed by atoms with Crippen LogP contribution in [0.15, 0.2) is 76.5 Å². The van der Waals surface area contributed by atoms with E-state index in [9.17, 15) is 13.2 Å². The molecule has 0 heterocycles. The van der Waals surface area contributed by atoms with E-state index in [1.807, 2.05) is 50.2 Å². The van der Waals surface area contributed by atoms with E-state index in [2.05, 4.69) is 0 Å². The lowest BCUT2D eigenvalue weighted by molar-refractivity contribution is -0.115. The normalized spacial score (nSPS) is 11.3. The van der Waals surface area contributed by atoms with Crippen LogP contribution < -0.4 is 4.31 Å². The van der Waals surface area contributed by atoms with Crippen molar-refractivity contribution >= 4 is 45.0 Å². The second-order valence-corrected chi connectivity index (χ2v) is 10.3. The second-order valence-electron chi connectivity index (χ2n) is 7.01. The first-order valence-corrected chi connectivity index (χ1v) is 12.1. The minimum absolute atomic E-state index is 0.0107. The number of nitrogens with zero attached hydrogens (tertiary/aromatic N) is 1. The topological polar surface area (TPSA) is 54.5 Å². The van der Waals surface area contributed by atoms with Crippen LogP contribution in [0, 0.1) is 20.8 Å². The van der Waals surface area contributed by atoms with Gasteiger partial charge < -0.3 is 0 Å². The van der Waals surface area contributed by atoms with E-state index in [1.165, 1.54) is 36.0 Å². The Hall–Kier alpha value is -2.28. The largest absolute Gasteiger partial charge is 0.272 e. The van der Waals surface area contributed by atoms with Gasteiger partial charge in [-0.1, -0.05) is 41.4 Å². The smallest absolute Gasteiger partial charge is 0.270 e. The van der Waals surface area contributed by atoms with Gasteiger partial charge in [0.15, 0.2) is 0 Å². The van der Waals surface area contributed by atoms with Crippen molar-refractivity contribution in [1.29, 1.82) is 0 Å². The highest BCUT2D eigenvalue weighted by Crippen LogP contribution is 2.30. The van der Waals surface area contributed by atoms with Gasteiger partial charge in [0.2, 0.25) is 0 Å². The maximum Gasteiger partial charge on any atom is 0.270 e. The second kappa shape index (κ2) is 9.25. The Balaban J connectivity index is 2.00. The maximum atomic E-state index is 13.5. The molecule has 156 valence electrons. The summed E-state index contributed by atoms with van der Waals surface area (Å²) in [4.78, 5) is 14.2. The number of thioether (sulfide) groups is 1. The van der Waals surface area contributed by atoms with E-state index in [1.54, 1.807) is 13.0 Å². The molecule has 0 radical (unpaired) electrons. The summed E-state index contributed by atoms with van der Waals surface area (Å²) in [7, 11) is -4.11. The molecule has 4 nitrogen and oxygen atoms in total. The lowest BCUT2D eigenvalue weighted by atomic mass is 10.1. The van der Waals surface area contributed by atoms with Gasteiger partial charge in [0.1, 0.15) is 0 Å². The summed E-state index contributed by atoms with van der Waals surface area (Å²) in [6, 6.07) is 19.0. The van der Waals surface area contributed by atoms with Crippen LogP contribution in [0.3, 0.4) is 0 Å². The first-order chi connectivity index (χ1) is 14.2. The Labute approximate surface area is 186 Å². The fraction of sp³-hybridized carbons (Fsp3) is 0.174. The quantitative estimate of drug-likeness (QED) is 0.438. The molecule has 0 aliphatic carbocycles. The van der Waals surface area contributed by atoms with Crippen molar-refractivity contribution in [3.05, 3.63) is 88.4 Å². The highest BCUT2D eigenvalue weighted by Gasteiger charge is 2.32. The zero-order valence-electron chi connectivity index (χ0n) is 16.9. The van der Waals surface area contributed by atoms with Crippen molar-refractivity contribution in [3.63, 3.8) is 0 Å². The molecule has 0 aromatic heterocycles. The Morgan fingerprint density at radius 3 is 2.13 bits per heavy atom. The minimum Gasteiger partial charge on any atom is -0.272 e. The monoisotopic (exact) mass is 459 g/mol. The Morgan fingerprint density at radius 1 is 0.900 bits per heavy atom. The van der Waals surface area contributed by atoms with Gasteiger partial charge in [0.25, 0.3) is 15.9 Å². The Bertz CT molecular complexity index is 1160. The summed E-state index contributed by atoms with van der Waals surface area (Å²) in [6.07, 6.45) is 0. The van der Waals surface area contributed by atoms with E-state index in [0.29, 0.717) is 16.3 Å². The third-order valence-corrected chi connectivity index (χ3v) is 7.54. The van der Waals surface area contributed by atoms with Crippen molar-refractivity contribution < 1.29 is 13.2 Å². The summed E-state index contributed by atoms with van der Waals surface area (Å²) in [5, 5.41) is 0.425. The lowest BCUT2D eigenvalue weighted by Gasteiger charge is -2.24. The zero-order valence-corrected chi connectivity index (χ0v) is 19.3. The van der Waals surface area contributed by atoms with Gasteiger partial charge in [-0.25, -0.2) is 12.7 Å². The number of halogens is 1. The van der Waals surface area contributed by atoms with E-state index in [4.69, 9.17) is 11.6 Å². The Kier molecular flexibility index (Phi) is 6.91. The van der Waals surface area contributed by atoms with Crippen molar-refractivity contribution in [2.24, 2.45) is 0 Å². The van der Waals surface area contributed by atoms with Gasteiger partial charge >= 0.3 is 0 Å². The molecule has 0 bridgehead atoms. The third kappa shape index (κ3) is 5.06. The summed E-state index contributed by atoms with van der Waals surface area (Å²) >= 11 is 7.22. The van der Waals surface area contributed by atoms with Gasteiger partial charge in [0, 0.05) is 9.92 Å². The third-order valence-electron chi connectivity index (χ3n) is 4.55. The lowest BCUT2D eigenvalue weighted by Crippen LogP contribution is -2.38. The fourth-order valence-corrected chi connectivity index (χ4v) is 5.32. The molecule has 0 saturated heterocycles. The summed E-state index contributed by atoms with van der Waals surface area (Å²) in [5.41, 5.74) is 3.05. The molecule has 30 heavy (non-hydrogen) atoms. The van der Waals surface area contributed by atoms with Gasteiger partial charge in [-0.2, -0.15) is 0 Å². The van der Waals surface area contributed by atoms with E-state index in [0.717, 1.165) is 20.3 Å². The molecule has 3 aromatic rings. The summed E-state index contributed by atoms with van der Waals surface area (Å²) < 4.78 is 27.8. The number of anilines is 1. The molecular weight excluding hydrogens is 438 g/mol. The van der Waals surface area contributed by atoms with Gasteiger partial charge in [-0.3, -0.25) is 4.79 Å². The molecule has 3 aromatic carbocycles. The molecule has 7 heteroatoms. The van der Waals surface area contributed by atoms with Crippen molar-refractivity contribution in [2.75, 3.05) is 10.1 Å². The number of sulfonamides is 1. The maximum absolute atomic E-state index is 13.5. The standard InChI is InChI=1S/C23H22ClNO3S2/c1-16-5-10-20(11-6-16)29-15-23(26)25(22-14-17(2)4-7-18(22)3)30(27,28)21-12-8-19(24)9-13-21/h4-14H,15H2,1-3H3. The molecule has 0 N–H and O–H groups in total. The minimum atomic E-state index is -4.11. The van der Waals surface area contributed by atoms with Crippen molar-refractivity contribution in [3.8, 4) is 0 Å². The van der Waals surface area contributed by atoms with Gasteiger partial charge in [0.05, 0.1) is 16.3 Å². The van der Waals surface area contributed by atoms with Crippen LogP contribution in [-0.4, -0.2) is 20.1 Å². The van der Waals surface area contributed by atoms with E-state index < -0.39 is 15.9 Å². The number of hydrogen-bond donors (Lipinski definition) is 0. The number of carbonyl (C=O) groups is 1. The molecule has 0 spiro atoms. The summed E-state index contributed by atoms with van der Waals surface area (Å²) in [6.45, 7) is 5.64. The molecular formula is C23H22ClNO3S2. The van der Waals surface area contributed by atoms with Crippen LogP contribution in [0.25, 0.3) is 0 Å². The van der Waals surface area contributed by atoms with E-state index in [-0.39, 0.29) is 10.6 Å². The fourth-order valence-electron chi connectivity index (χ4n) is 2.89. The highest BCUT2D eigenvalue weighted by atomic mass is 35.5.